The van der Waals surface area contributed by atoms with Crippen molar-refractivity contribution in [2.24, 2.45) is 11.8 Å². The first-order valence-corrected chi connectivity index (χ1v) is 8.43. The summed E-state index contributed by atoms with van der Waals surface area (Å²) >= 11 is 6.55. The van der Waals surface area contributed by atoms with E-state index in [2.05, 4.69) is 10.3 Å². The Morgan fingerprint density at radius 2 is 2.00 bits per heavy atom. The maximum absolute atomic E-state index is 12.4. The molecule has 1 saturated carbocycles. The Hall–Kier alpha value is -1.73. The highest BCUT2D eigenvalue weighted by Crippen LogP contribution is 2.32. The number of hydrogen-bond acceptors (Lipinski definition) is 4. The van der Waals surface area contributed by atoms with Gasteiger partial charge in [-0.3, -0.25) is 9.59 Å². The van der Waals surface area contributed by atoms with Crippen LogP contribution in [0.2, 0.25) is 0 Å². The number of carbonyl (C=O) groups is 2. The average molecular weight is 336 g/mol. The van der Waals surface area contributed by atoms with Gasteiger partial charge in [0, 0.05) is 5.69 Å². The number of benzene rings is 1. The van der Waals surface area contributed by atoms with Gasteiger partial charge in [-0.05, 0) is 43.3 Å². The molecular formula is C15H16N2O3S2. The van der Waals surface area contributed by atoms with Crippen LogP contribution in [-0.4, -0.2) is 22.0 Å². The zero-order valence-electron chi connectivity index (χ0n) is 11.8. The Kier molecular flexibility index (Phi) is 4.26. The number of rotatable bonds is 3. The van der Waals surface area contributed by atoms with Crippen molar-refractivity contribution in [3.8, 4) is 0 Å². The first kappa shape index (κ1) is 15.2. The van der Waals surface area contributed by atoms with Crippen LogP contribution in [0.25, 0.3) is 10.2 Å². The van der Waals surface area contributed by atoms with Gasteiger partial charge in [0.2, 0.25) is 5.91 Å². The van der Waals surface area contributed by atoms with Crippen LogP contribution in [-0.2, 0) is 9.59 Å². The summed E-state index contributed by atoms with van der Waals surface area (Å²) in [4.78, 5) is 26.8. The summed E-state index contributed by atoms with van der Waals surface area (Å²) in [5.41, 5.74) is 1.62. The number of aromatic amines is 1. The molecule has 1 aliphatic carbocycles. The zero-order valence-corrected chi connectivity index (χ0v) is 13.4. The van der Waals surface area contributed by atoms with Gasteiger partial charge >= 0.3 is 5.97 Å². The number of anilines is 1. The molecule has 1 aromatic carbocycles. The lowest BCUT2D eigenvalue weighted by atomic mass is 9.78. The van der Waals surface area contributed by atoms with Crippen molar-refractivity contribution in [1.29, 1.82) is 0 Å². The molecule has 0 unspecified atom stereocenters. The molecule has 0 spiro atoms. The predicted molar refractivity (Wildman–Crippen MR) is 88.7 cm³/mol. The van der Waals surface area contributed by atoms with Gasteiger partial charge in [-0.2, -0.15) is 0 Å². The minimum atomic E-state index is -0.876. The Bertz CT molecular complexity index is 780. The number of aromatic nitrogens is 1. The van der Waals surface area contributed by atoms with Crippen LogP contribution in [0.4, 0.5) is 5.69 Å². The second kappa shape index (κ2) is 6.18. The molecule has 7 heteroatoms. The van der Waals surface area contributed by atoms with Crippen LogP contribution in [0.15, 0.2) is 18.2 Å². The smallest absolute Gasteiger partial charge is 0.307 e. The SMILES string of the molecule is O=C(O)[C@H]1CCCC[C@@H]1C(=O)Nc1ccc2[nH]c(=S)sc2c1. The molecule has 3 N–H and O–H groups in total. The van der Waals surface area contributed by atoms with Crippen molar-refractivity contribution in [1.82, 2.24) is 4.98 Å². The van der Waals surface area contributed by atoms with Crippen molar-refractivity contribution >= 4 is 51.3 Å². The molecule has 1 aromatic heterocycles. The number of nitrogens with one attached hydrogen (secondary N) is 2. The van der Waals surface area contributed by atoms with E-state index in [1.54, 1.807) is 6.07 Å². The molecule has 1 amide bonds. The summed E-state index contributed by atoms with van der Waals surface area (Å²) in [6, 6.07) is 5.53. The monoisotopic (exact) mass is 336 g/mol. The standard InChI is InChI=1S/C15H16N2O3S2/c18-13(9-3-1-2-4-10(9)14(19)20)16-8-5-6-11-12(7-8)22-15(21)17-11/h5-7,9-10H,1-4H2,(H,16,18)(H,17,21)(H,19,20)/t9-,10-/m0/s1. The number of aliphatic carboxylic acids is 1. The van der Waals surface area contributed by atoms with Crippen molar-refractivity contribution in [3.63, 3.8) is 0 Å². The Balaban J connectivity index is 1.79. The van der Waals surface area contributed by atoms with E-state index in [4.69, 9.17) is 12.2 Å². The van der Waals surface area contributed by atoms with E-state index in [0.717, 1.165) is 23.1 Å². The van der Waals surface area contributed by atoms with Crippen LogP contribution >= 0.6 is 23.6 Å². The van der Waals surface area contributed by atoms with Gasteiger partial charge in [0.1, 0.15) is 0 Å². The molecule has 2 atom stereocenters. The van der Waals surface area contributed by atoms with E-state index < -0.39 is 17.8 Å². The molecule has 0 radical (unpaired) electrons. The van der Waals surface area contributed by atoms with Crippen molar-refractivity contribution in [2.45, 2.75) is 25.7 Å². The molecule has 0 bridgehead atoms. The lowest BCUT2D eigenvalue weighted by molar-refractivity contribution is -0.147. The minimum absolute atomic E-state index is 0.203. The maximum atomic E-state index is 12.4. The molecule has 0 aliphatic heterocycles. The normalized spacial score (nSPS) is 21.6. The molecule has 1 aliphatic rings. The van der Waals surface area contributed by atoms with Gasteiger partial charge in [-0.25, -0.2) is 0 Å². The fraction of sp³-hybridized carbons (Fsp3) is 0.400. The summed E-state index contributed by atoms with van der Waals surface area (Å²) in [6.45, 7) is 0. The number of carbonyl (C=O) groups excluding carboxylic acids is 1. The van der Waals surface area contributed by atoms with E-state index in [1.165, 1.54) is 11.3 Å². The Labute approximate surface area is 136 Å². The third-order valence-electron chi connectivity index (χ3n) is 4.11. The highest BCUT2D eigenvalue weighted by molar-refractivity contribution is 7.73. The van der Waals surface area contributed by atoms with E-state index in [1.807, 2.05) is 12.1 Å². The maximum Gasteiger partial charge on any atom is 0.307 e. The number of amides is 1. The lowest BCUT2D eigenvalue weighted by Crippen LogP contribution is -2.36. The fourth-order valence-electron chi connectivity index (χ4n) is 3.00. The van der Waals surface area contributed by atoms with Gasteiger partial charge in [-0.1, -0.05) is 12.8 Å². The second-order valence-electron chi connectivity index (χ2n) is 5.55. The summed E-state index contributed by atoms with van der Waals surface area (Å²) in [5.74, 6) is -2.11. The van der Waals surface area contributed by atoms with Gasteiger partial charge < -0.3 is 15.4 Å². The van der Waals surface area contributed by atoms with E-state index in [-0.39, 0.29) is 5.91 Å². The zero-order chi connectivity index (χ0) is 15.7. The molecule has 3 rings (SSSR count). The van der Waals surface area contributed by atoms with E-state index >= 15 is 0 Å². The van der Waals surface area contributed by atoms with Gasteiger partial charge in [-0.15, -0.1) is 11.3 Å². The lowest BCUT2D eigenvalue weighted by Gasteiger charge is -2.27. The summed E-state index contributed by atoms with van der Waals surface area (Å²) in [7, 11) is 0. The fourth-order valence-corrected chi connectivity index (χ4v) is 4.15. The van der Waals surface area contributed by atoms with Crippen molar-refractivity contribution in [3.05, 3.63) is 22.2 Å². The molecule has 5 nitrogen and oxygen atoms in total. The number of thiazole rings is 1. The number of carboxylic acids is 1. The molecule has 1 fully saturated rings. The first-order chi connectivity index (χ1) is 10.5. The van der Waals surface area contributed by atoms with E-state index in [9.17, 15) is 14.7 Å². The van der Waals surface area contributed by atoms with Gasteiger partial charge in [0.25, 0.3) is 0 Å². The van der Waals surface area contributed by atoms with Crippen molar-refractivity contribution in [2.75, 3.05) is 5.32 Å². The van der Waals surface area contributed by atoms with E-state index in [0.29, 0.717) is 22.5 Å². The van der Waals surface area contributed by atoms with Crippen LogP contribution in [0.5, 0.6) is 0 Å². The summed E-state index contributed by atoms with van der Waals surface area (Å²) in [6.07, 6.45) is 2.99. The number of hydrogen-bond donors (Lipinski definition) is 3. The second-order valence-corrected chi connectivity index (χ2v) is 7.27. The van der Waals surface area contributed by atoms with Crippen LogP contribution in [0, 0.1) is 15.8 Å². The number of carboxylic acid groups (broad SMARTS) is 1. The van der Waals surface area contributed by atoms with Crippen molar-refractivity contribution < 1.29 is 14.7 Å². The molecular weight excluding hydrogens is 320 g/mol. The predicted octanol–water partition coefficient (Wildman–Crippen LogP) is 3.79. The summed E-state index contributed by atoms with van der Waals surface area (Å²) < 4.78 is 1.66. The molecule has 116 valence electrons. The quantitative estimate of drug-likeness (QED) is 0.745. The number of fused-ring (bicyclic) bond motifs is 1. The largest absolute Gasteiger partial charge is 0.481 e. The molecule has 2 aromatic rings. The molecule has 22 heavy (non-hydrogen) atoms. The van der Waals surface area contributed by atoms with Crippen LogP contribution < -0.4 is 5.32 Å². The van der Waals surface area contributed by atoms with Gasteiger partial charge in [0.05, 0.1) is 22.1 Å². The topological polar surface area (TPSA) is 82.2 Å². The summed E-state index contributed by atoms with van der Waals surface area (Å²) in [5, 5.41) is 12.1. The third kappa shape index (κ3) is 3.05. The van der Waals surface area contributed by atoms with Crippen LogP contribution in [0.1, 0.15) is 25.7 Å². The average Bonchev–Trinajstić information content (AvgIpc) is 2.86. The molecule has 0 saturated heterocycles. The van der Waals surface area contributed by atoms with Crippen LogP contribution in [0.3, 0.4) is 0 Å². The third-order valence-corrected chi connectivity index (χ3v) is 5.31. The Morgan fingerprint density at radius 1 is 1.27 bits per heavy atom. The highest BCUT2D eigenvalue weighted by atomic mass is 32.1. The highest BCUT2D eigenvalue weighted by Gasteiger charge is 2.35. The van der Waals surface area contributed by atoms with Gasteiger partial charge in [0.15, 0.2) is 3.95 Å². The first-order valence-electron chi connectivity index (χ1n) is 7.21. The minimum Gasteiger partial charge on any atom is -0.481 e. The Morgan fingerprint density at radius 3 is 2.73 bits per heavy atom. The molecule has 1 heterocycles. The number of H-pyrrole nitrogens is 1.